The maximum atomic E-state index is 13.5. The van der Waals surface area contributed by atoms with E-state index in [0.29, 0.717) is 0 Å². The van der Waals surface area contributed by atoms with Gasteiger partial charge < -0.3 is 5.32 Å². The lowest BCUT2D eigenvalue weighted by atomic mass is 9.96. The molecule has 1 aromatic rings. The van der Waals surface area contributed by atoms with Crippen LogP contribution in [-0.2, 0) is 16.0 Å². The Morgan fingerprint density at radius 2 is 2.25 bits per heavy atom. The van der Waals surface area contributed by atoms with Gasteiger partial charge in [0.1, 0.15) is 5.82 Å². The van der Waals surface area contributed by atoms with E-state index in [4.69, 9.17) is 11.6 Å². The van der Waals surface area contributed by atoms with Crippen LogP contribution in [0.4, 0.5) is 4.39 Å². The van der Waals surface area contributed by atoms with E-state index in [2.05, 4.69) is 5.32 Å². The molecule has 3 nitrogen and oxygen atoms in total. The van der Waals surface area contributed by atoms with Crippen LogP contribution in [0.1, 0.15) is 12.0 Å². The summed E-state index contributed by atoms with van der Waals surface area (Å²) >= 11 is 5.59. The van der Waals surface area contributed by atoms with Crippen LogP contribution >= 0.6 is 11.6 Å². The van der Waals surface area contributed by atoms with E-state index in [1.165, 1.54) is 12.1 Å². The predicted molar refractivity (Wildman–Crippen MR) is 56.7 cm³/mol. The summed E-state index contributed by atoms with van der Waals surface area (Å²) in [5.41, 5.74) is 0.263. The van der Waals surface area contributed by atoms with E-state index in [9.17, 15) is 14.0 Å². The molecule has 0 saturated carbocycles. The summed E-state index contributed by atoms with van der Waals surface area (Å²) in [7, 11) is 0. The Bertz CT molecular complexity index is 453. The summed E-state index contributed by atoms with van der Waals surface area (Å²) < 4.78 is 13.5. The summed E-state index contributed by atoms with van der Waals surface area (Å²) in [6.45, 7) is 0. The lowest BCUT2D eigenvalue weighted by Gasteiger charge is -2.25. The van der Waals surface area contributed by atoms with E-state index >= 15 is 0 Å². The van der Waals surface area contributed by atoms with Crippen LogP contribution < -0.4 is 5.32 Å². The fraction of sp³-hybridized carbons (Fsp3) is 0.273. The number of hydrogen-bond donors (Lipinski definition) is 1. The van der Waals surface area contributed by atoms with Gasteiger partial charge in [-0.1, -0.05) is 23.7 Å². The molecule has 5 heteroatoms. The minimum Gasteiger partial charge on any atom is -0.346 e. The fourth-order valence-corrected chi connectivity index (χ4v) is 1.74. The first-order valence-corrected chi connectivity index (χ1v) is 5.20. The molecule has 1 unspecified atom stereocenters. The van der Waals surface area contributed by atoms with Crippen molar-refractivity contribution in [1.82, 2.24) is 5.32 Å². The Balaban J connectivity index is 2.06. The van der Waals surface area contributed by atoms with Crippen LogP contribution in [0.2, 0.25) is 5.02 Å². The third kappa shape index (κ3) is 2.07. The number of rotatable bonds is 3. The molecule has 0 aliphatic carbocycles. The topological polar surface area (TPSA) is 46.2 Å². The highest BCUT2D eigenvalue weighted by Gasteiger charge is 2.31. The molecule has 16 heavy (non-hydrogen) atoms. The first kappa shape index (κ1) is 11.1. The number of amides is 1. The quantitative estimate of drug-likeness (QED) is 0.815. The number of halogens is 2. The molecule has 1 aliphatic heterocycles. The zero-order chi connectivity index (χ0) is 11.7. The molecule has 84 valence electrons. The summed E-state index contributed by atoms with van der Waals surface area (Å²) in [6, 6.07) is 4.06. The minimum absolute atomic E-state index is 0.00273. The van der Waals surface area contributed by atoms with Crippen molar-refractivity contribution in [3.05, 3.63) is 34.6 Å². The lowest BCUT2D eigenvalue weighted by Crippen LogP contribution is -2.53. The van der Waals surface area contributed by atoms with E-state index in [1.54, 1.807) is 6.07 Å². The van der Waals surface area contributed by atoms with Gasteiger partial charge in [-0.2, -0.15) is 0 Å². The van der Waals surface area contributed by atoms with E-state index in [1.807, 2.05) is 0 Å². The molecule has 1 N–H and O–H groups in total. The van der Waals surface area contributed by atoms with E-state index < -0.39 is 11.9 Å². The third-order valence-corrected chi connectivity index (χ3v) is 2.80. The average molecular weight is 242 g/mol. The molecule has 1 saturated heterocycles. The Morgan fingerprint density at radius 3 is 2.88 bits per heavy atom. The summed E-state index contributed by atoms with van der Waals surface area (Å²) in [6.07, 6.45) is 0.151. The van der Waals surface area contributed by atoms with Crippen molar-refractivity contribution >= 4 is 23.3 Å². The molecule has 1 fully saturated rings. The van der Waals surface area contributed by atoms with Crippen molar-refractivity contribution in [2.75, 3.05) is 0 Å². The Morgan fingerprint density at radius 1 is 1.56 bits per heavy atom. The molecule has 1 amide bonds. The first-order valence-electron chi connectivity index (χ1n) is 4.83. The van der Waals surface area contributed by atoms with Gasteiger partial charge in [0.15, 0.2) is 5.78 Å². The molecule has 0 aromatic heterocycles. The van der Waals surface area contributed by atoms with Crippen LogP contribution in [-0.4, -0.2) is 17.7 Å². The SMILES string of the molecule is O=C1CC(C(=O)Cc2cccc(Cl)c2F)N1. The van der Waals surface area contributed by atoms with Crippen molar-refractivity contribution in [2.45, 2.75) is 18.9 Å². The maximum Gasteiger partial charge on any atom is 0.223 e. The van der Waals surface area contributed by atoms with Gasteiger partial charge in [-0.05, 0) is 11.6 Å². The summed E-state index contributed by atoms with van der Waals surface area (Å²) in [5.74, 6) is -0.908. The van der Waals surface area contributed by atoms with Crippen LogP contribution in [0.25, 0.3) is 0 Å². The van der Waals surface area contributed by atoms with Crippen LogP contribution in [0.3, 0.4) is 0 Å². The number of benzene rings is 1. The number of ketones is 1. The summed E-state index contributed by atoms with van der Waals surface area (Å²) in [5, 5.41) is 2.46. The highest BCUT2D eigenvalue weighted by molar-refractivity contribution is 6.30. The first-order chi connectivity index (χ1) is 7.58. The number of nitrogens with one attached hydrogen (secondary N) is 1. The number of carbonyl (C=O) groups excluding carboxylic acids is 2. The standard InChI is InChI=1S/C11H9ClFNO2/c12-7-3-1-2-6(11(7)13)4-9(15)8-5-10(16)14-8/h1-3,8H,4-5H2,(H,14,16). The third-order valence-electron chi connectivity index (χ3n) is 2.51. The van der Waals surface area contributed by atoms with Crippen molar-refractivity contribution < 1.29 is 14.0 Å². The molecule has 1 aromatic carbocycles. The molecular formula is C11H9ClFNO2. The zero-order valence-corrected chi connectivity index (χ0v) is 9.05. The van der Waals surface area contributed by atoms with Crippen molar-refractivity contribution in [3.8, 4) is 0 Å². The second kappa shape index (κ2) is 4.22. The minimum atomic E-state index is -0.567. The largest absolute Gasteiger partial charge is 0.346 e. The zero-order valence-electron chi connectivity index (χ0n) is 8.30. The molecular weight excluding hydrogens is 233 g/mol. The molecule has 1 heterocycles. The maximum absolute atomic E-state index is 13.5. The highest BCUT2D eigenvalue weighted by Crippen LogP contribution is 2.19. The molecule has 0 radical (unpaired) electrons. The second-order valence-electron chi connectivity index (χ2n) is 3.68. The Labute approximate surface area is 96.6 Å². The van der Waals surface area contributed by atoms with Crippen molar-refractivity contribution in [2.24, 2.45) is 0 Å². The van der Waals surface area contributed by atoms with Gasteiger partial charge in [0.2, 0.25) is 5.91 Å². The summed E-state index contributed by atoms with van der Waals surface area (Å²) in [4.78, 5) is 22.2. The fourth-order valence-electron chi connectivity index (χ4n) is 1.55. The number of carbonyl (C=O) groups is 2. The molecule has 0 spiro atoms. The van der Waals surface area contributed by atoms with Gasteiger partial charge in [0.25, 0.3) is 0 Å². The average Bonchev–Trinajstić information content (AvgIpc) is 2.20. The lowest BCUT2D eigenvalue weighted by molar-refractivity contribution is -0.135. The van der Waals surface area contributed by atoms with Gasteiger partial charge in [0.05, 0.1) is 17.5 Å². The van der Waals surface area contributed by atoms with Crippen LogP contribution in [0.5, 0.6) is 0 Å². The monoisotopic (exact) mass is 241 g/mol. The van der Waals surface area contributed by atoms with Gasteiger partial charge in [-0.25, -0.2) is 4.39 Å². The smallest absolute Gasteiger partial charge is 0.223 e. The van der Waals surface area contributed by atoms with E-state index in [0.717, 1.165) is 0 Å². The predicted octanol–water partition coefficient (Wildman–Crippen LogP) is 1.48. The van der Waals surface area contributed by atoms with Crippen molar-refractivity contribution in [3.63, 3.8) is 0 Å². The second-order valence-corrected chi connectivity index (χ2v) is 4.09. The van der Waals surface area contributed by atoms with Crippen LogP contribution in [0, 0.1) is 5.82 Å². The van der Waals surface area contributed by atoms with Gasteiger partial charge in [0, 0.05) is 6.42 Å². The molecule has 0 bridgehead atoms. The van der Waals surface area contributed by atoms with Crippen LogP contribution in [0.15, 0.2) is 18.2 Å². The van der Waals surface area contributed by atoms with Gasteiger partial charge in [-0.15, -0.1) is 0 Å². The normalized spacial score (nSPS) is 18.9. The Hall–Kier alpha value is -1.42. The molecule has 2 rings (SSSR count). The number of β-lactam (4-membered cyclic amide) rings is 1. The molecule has 1 atom stereocenters. The number of hydrogen-bond acceptors (Lipinski definition) is 2. The molecule has 1 aliphatic rings. The van der Waals surface area contributed by atoms with E-state index in [-0.39, 0.29) is 35.1 Å². The van der Waals surface area contributed by atoms with Gasteiger partial charge >= 0.3 is 0 Å². The number of Topliss-reactive ketones (excluding diaryl/α,β-unsaturated/α-hetero) is 1. The highest BCUT2D eigenvalue weighted by atomic mass is 35.5. The van der Waals surface area contributed by atoms with Crippen molar-refractivity contribution in [1.29, 1.82) is 0 Å². The Kier molecular flexibility index (Phi) is 2.92. The van der Waals surface area contributed by atoms with Gasteiger partial charge in [-0.3, -0.25) is 9.59 Å².